The van der Waals surface area contributed by atoms with Gasteiger partial charge in [0.15, 0.2) is 14.1 Å². The van der Waals surface area contributed by atoms with Crippen LogP contribution in [0.1, 0.15) is 93.7 Å². The van der Waals surface area contributed by atoms with E-state index in [2.05, 4.69) is 53.8 Å². The summed E-state index contributed by atoms with van der Waals surface area (Å²) in [6.07, 6.45) is 5.20. The summed E-state index contributed by atoms with van der Waals surface area (Å²) in [7, 11) is -2.07. The topological polar surface area (TPSA) is 70.4 Å². The van der Waals surface area contributed by atoms with Crippen molar-refractivity contribution in [2.45, 2.75) is 97.5 Å². The molecule has 2 aliphatic rings. The van der Waals surface area contributed by atoms with Gasteiger partial charge in [-0.05, 0) is 73.9 Å². The van der Waals surface area contributed by atoms with Gasteiger partial charge in [-0.1, -0.05) is 34.6 Å². The maximum Gasteiger partial charge on any atom is 0.343 e. The first-order chi connectivity index (χ1) is 18.1. The molecule has 0 aliphatic heterocycles. The molecule has 0 amide bonds. The minimum Gasteiger partial charge on any atom is -0.462 e. The van der Waals surface area contributed by atoms with Gasteiger partial charge in [0.1, 0.15) is 16.9 Å². The second-order valence-corrected chi connectivity index (χ2v) is 19.0. The zero-order valence-corrected chi connectivity index (χ0v) is 26.1. The maximum absolute atomic E-state index is 15.7. The molecule has 5 rings (SSSR count). The number of aryl methyl sites for hydroxylation is 1. The largest absolute Gasteiger partial charge is 0.462 e. The molecule has 0 bridgehead atoms. The van der Waals surface area contributed by atoms with E-state index >= 15 is 4.39 Å². The molecular formula is C30H39FN2O4SSi. The van der Waals surface area contributed by atoms with Gasteiger partial charge in [-0.3, -0.25) is 4.79 Å². The SMILES string of the molecule is CCOC(=O)c1cn(C2CC2)c2nc(-c3cc4c(s3)C(O[Si](C)(C)C(C)(C)C)C(C)(C)CC4)c(F)cc2c1=O. The number of carbonyl (C=O) groups is 1. The van der Waals surface area contributed by atoms with Crippen molar-refractivity contribution in [3.05, 3.63) is 50.4 Å². The quantitative estimate of drug-likeness (QED) is 0.223. The number of esters is 1. The standard InChI is InChI=1S/C30H39FN2O4SSi/c1-9-36-28(35)20-16-33(18-10-11-18)27-19(24(20)34)15-21(31)23(32-27)22-14-17-12-13-30(5,6)26(25(17)38-22)37-39(7,8)29(2,3)4/h14-16,18,26H,9-13H2,1-8H3. The molecule has 3 aromatic rings. The molecule has 2 aliphatic carbocycles. The van der Waals surface area contributed by atoms with Gasteiger partial charge in [0.25, 0.3) is 0 Å². The molecule has 0 saturated heterocycles. The smallest absolute Gasteiger partial charge is 0.343 e. The Balaban J connectivity index is 1.63. The third-order valence-corrected chi connectivity index (χ3v) is 14.3. The van der Waals surface area contributed by atoms with Crippen molar-refractivity contribution < 1.29 is 18.3 Å². The van der Waals surface area contributed by atoms with Crippen molar-refractivity contribution in [2.24, 2.45) is 5.41 Å². The number of thiophene rings is 1. The molecule has 3 heterocycles. The van der Waals surface area contributed by atoms with Gasteiger partial charge in [-0.2, -0.15) is 0 Å². The summed E-state index contributed by atoms with van der Waals surface area (Å²) < 4.78 is 29.7. The molecule has 1 saturated carbocycles. The Hall–Kier alpha value is -2.36. The average Bonchev–Trinajstić information content (AvgIpc) is 3.59. The highest BCUT2D eigenvalue weighted by atomic mass is 32.1. The zero-order chi connectivity index (χ0) is 28.5. The van der Waals surface area contributed by atoms with Gasteiger partial charge in [-0.15, -0.1) is 11.3 Å². The summed E-state index contributed by atoms with van der Waals surface area (Å²) in [5.74, 6) is -1.26. The van der Waals surface area contributed by atoms with E-state index in [0.29, 0.717) is 5.65 Å². The molecule has 39 heavy (non-hydrogen) atoms. The van der Waals surface area contributed by atoms with Crippen LogP contribution in [-0.2, 0) is 15.6 Å². The van der Waals surface area contributed by atoms with Crippen molar-refractivity contribution in [1.29, 1.82) is 0 Å². The molecule has 1 unspecified atom stereocenters. The molecule has 1 atom stereocenters. The minimum atomic E-state index is -2.07. The highest BCUT2D eigenvalue weighted by molar-refractivity contribution is 7.15. The van der Waals surface area contributed by atoms with Gasteiger partial charge in [-0.25, -0.2) is 14.2 Å². The Labute approximate surface area is 234 Å². The second kappa shape index (κ2) is 9.63. The summed E-state index contributed by atoms with van der Waals surface area (Å²) in [6.45, 7) is 17.7. The molecule has 0 aromatic carbocycles. The van der Waals surface area contributed by atoms with Crippen LogP contribution < -0.4 is 5.43 Å². The third kappa shape index (κ3) is 5.02. The zero-order valence-electron chi connectivity index (χ0n) is 24.2. The number of rotatable bonds is 6. The van der Waals surface area contributed by atoms with E-state index in [9.17, 15) is 9.59 Å². The lowest BCUT2D eigenvalue weighted by atomic mass is 9.75. The van der Waals surface area contributed by atoms with Crippen LogP contribution in [0.3, 0.4) is 0 Å². The maximum atomic E-state index is 15.7. The predicted octanol–water partition coefficient (Wildman–Crippen LogP) is 7.81. The first kappa shape index (κ1) is 28.2. The fourth-order valence-corrected chi connectivity index (χ4v) is 7.92. The van der Waals surface area contributed by atoms with Crippen molar-refractivity contribution in [2.75, 3.05) is 6.61 Å². The Morgan fingerprint density at radius 3 is 2.56 bits per heavy atom. The molecule has 9 heteroatoms. The van der Waals surface area contributed by atoms with Gasteiger partial charge >= 0.3 is 5.97 Å². The molecule has 3 aromatic heterocycles. The Morgan fingerprint density at radius 2 is 1.95 bits per heavy atom. The van der Waals surface area contributed by atoms with Crippen LogP contribution in [0.15, 0.2) is 23.1 Å². The number of carbonyl (C=O) groups excluding carboxylic acids is 1. The minimum absolute atomic E-state index is 0.0457. The van der Waals surface area contributed by atoms with E-state index in [0.717, 1.165) is 35.4 Å². The molecule has 1 fully saturated rings. The number of aromatic nitrogens is 2. The Bertz CT molecular complexity index is 1510. The average molecular weight is 571 g/mol. The lowest BCUT2D eigenvalue weighted by Crippen LogP contribution is -2.45. The summed E-state index contributed by atoms with van der Waals surface area (Å²) in [6, 6.07) is 3.43. The van der Waals surface area contributed by atoms with Crippen molar-refractivity contribution in [3.8, 4) is 10.6 Å². The van der Waals surface area contributed by atoms with Gasteiger partial charge < -0.3 is 13.7 Å². The van der Waals surface area contributed by atoms with Gasteiger partial charge in [0.05, 0.1) is 23.0 Å². The Kier molecular flexibility index (Phi) is 6.96. The van der Waals surface area contributed by atoms with Gasteiger partial charge in [0.2, 0.25) is 5.43 Å². The number of fused-ring (bicyclic) bond motifs is 2. The summed E-state index contributed by atoms with van der Waals surface area (Å²) >= 11 is 1.55. The van der Waals surface area contributed by atoms with E-state index in [4.69, 9.17) is 14.1 Å². The molecule has 6 nitrogen and oxygen atoms in total. The molecule has 210 valence electrons. The van der Waals surface area contributed by atoms with Crippen LogP contribution in [0.25, 0.3) is 21.6 Å². The van der Waals surface area contributed by atoms with E-state index in [-0.39, 0.29) is 45.8 Å². The molecule has 0 spiro atoms. The molecule has 0 N–H and O–H groups in total. The monoisotopic (exact) mass is 570 g/mol. The van der Waals surface area contributed by atoms with Gasteiger partial charge in [0, 0.05) is 17.1 Å². The first-order valence-corrected chi connectivity index (χ1v) is 17.6. The summed E-state index contributed by atoms with van der Waals surface area (Å²) in [5.41, 5.74) is 1.17. The number of hydrogen-bond donors (Lipinski definition) is 0. The lowest BCUT2D eigenvalue weighted by molar-refractivity contribution is 0.0472. The van der Waals surface area contributed by atoms with Crippen LogP contribution in [0.2, 0.25) is 18.1 Å². The van der Waals surface area contributed by atoms with Crippen molar-refractivity contribution >= 4 is 36.7 Å². The van der Waals surface area contributed by atoms with Crippen molar-refractivity contribution in [1.82, 2.24) is 9.55 Å². The van der Waals surface area contributed by atoms with E-state index in [1.54, 1.807) is 24.5 Å². The van der Waals surface area contributed by atoms with Crippen LogP contribution in [0, 0.1) is 11.2 Å². The Morgan fingerprint density at radius 1 is 1.26 bits per heavy atom. The number of hydrogen-bond acceptors (Lipinski definition) is 6. The van der Waals surface area contributed by atoms with Crippen molar-refractivity contribution in [3.63, 3.8) is 0 Å². The molecule has 0 radical (unpaired) electrons. The second-order valence-electron chi connectivity index (χ2n) is 13.2. The normalized spacial score (nSPS) is 19.3. The predicted molar refractivity (Wildman–Crippen MR) is 157 cm³/mol. The lowest BCUT2D eigenvalue weighted by Gasteiger charge is -2.46. The third-order valence-electron chi connectivity index (χ3n) is 8.67. The van der Waals surface area contributed by atoms with E-state index < -0.39 is 25.5 Å². The van der Waals surface area contributed by atoms with Crippen LogP contribution >= 0.6 is 11.3 Å². The highest BCUT2D eigenvalue weighted by Gasteiger charge is 2.46. The first-order valence-electron chi connectivity index (χ1n) is 13.9. The fourth-order valence-electron chi connectivity index (χ4n) is 5.01. The number of ether oxygens (including phenoxy) is 1. The summed E-state index contributed by atoms with van der Waals surface area (Å²) in [4.78, 5) is 32.3. The van der Waals surface area contributed by atoms with Crippen LogP contribution in [0.5, 0.6) is 0 Å². The number of nitrogens with zero attached hydrogens (tertiary/aromatic N) is 2. The fraction of sp³-hybridized carbons (Fsp3) is 0.567. The van der Waals surface area contributed by atoms with E-state index in [1.807, 2.05) is 4.57 Å². The van der Waals surface area contributed by atoms with E-state index in [1.165, 1.54) is 11.6 Å². The molecular weight excluding hydrogens is 531 g/mol. The van der Waals surface area contributed by atoms with Crippen LogP contribution in [0.4, 0.5) is 4.39 Å². The number of halogens is 1. The highest BCUT2D eigenvalue weighted by Crippen LogP contribution is 2.53. The summed E-state index contributed by atoms with van der Waals surface area (Å²) in [5, 5.41) is 0.178. The number of pyridine rings is 2. The van der Waals surface area contributed by atoms with Crippen LogP contribution in [-0.4, -0.2) is 30.4 Å².